The Morgan fingerprint density at radius 3 is 2.79 bits per heavy atom. The third-order valence-corrected chi connectivity index (χ3v) is 4.20. The van der Waals surface area contributed by atoms with Gasteiger partial charge in [0.15, 0.2) is 9.84 Å². The summed E-state index contributed by atoms with van der Waals surface area (Å²) in [4.78, 5) is 11.5. The van der Waals surface area contributed by atoms with E-state index >= 15 is 0 Å². The molecule has 1 fully saturated rings. The third kappa shape index (κ3) is 3.29. The number of hydrogen-bond acceptors (Lipinski definition) is 3. The zero-order chi connectivity index (χ0) is 10.6. The molecule has 1 unspecified atom stereocenters. The number of carbonyl (C=O) groups excluding carboxylic acids is 1. The van der Waals surface area contributed by atoms with Crippen LogP contribution < -0.4 is 5.32 Å². The Balaban J connectivity index is 2.48. The lowest BCUT2D eigenvalue weighted by atomic mass is 10.0. The van der Waals surface area contributed by atoms with Crippen LogP contribution in [0.15, 0.2) is 0 Å². The summed E-state index contributed by atoms with van der Waals surface area (Å²) in [6.07, 6.45) is 2.20. The highest BCUT2D eigenvalue weighted by molar-refractivity contribution is 7.91. The van der Waals surface area contributed by atoms with Crippen LogP contribution in [0.2, 0.25) is 0 Å². The highest BCUT2D eigenvalue weighted by atomic mass is 32.2. The van der Waals surface area contributed by atoms with Crippen molar-refractivity contribution in [2.75, 3.05) is 18.1 Å². The Kier molecular flexibility index (Phi) is 3.92. The standard InChI is InChI=1S/C9H17NO3S/c1-2-5-10-9(11)8-4-3-6-14(12,13)7-8/h8H,2-7H2,1H3,(H,10,11). The van der Waals surface area contributed by atoms with Gasteiger partial charge in [-0.25, -0.2) is 8.42 Å². The molecule has 0 spiro atoms. The van der Waals surface area contributed by atoms with Crippen LogP contribution in [-0.4, -0.2) is 32.4 Å². The normalized spacial score (nSPS) is 25.6. The summed E-state index contributed by atoms with van der Waals surface area (Å²) in [6, 6.07) is 0. The second-order valence-corrected chi connectivity index (χ2v) is 5.97. The molecule has 0 aromatic heterocycles. The molecule has 0 aliphatic carbocycles. The van der Waals surface area contributed by atoms with E-state index in [1.165, 1.54) is 0 Å². The first-order valence-corrected chi connectivity index (χ1v) is 6.85. The van der Waals surface area contributed by atoms with Crippen LogP contribution in [0.5, 0.6) is 0 Å². The minimum absolute atomic E-state index is 0.0303. The molecule has 1 heterocycles. The largest absolute Gasteiger partial charge is 0.356 e. The highest BCUT2D eigenvalue weighted by Gasteiger charge is 2.29. The van der Waals surface area contributed by atoms with Crippen molar-refractivity contribution < 1.29 is 13.2 Å². The van der Waals surface area contributed by atoms with Gasteiger partial charge in [0.25, 0.3) is 0 Å². The molecule has 1 saturated heterocycles. The van der Waals surface area contributed by atoms with Crippen molar-refractivity contribution in [1.82, 2.24) is 5.32 Å². The summed E-state index contributed by atoms with van der Waals surface area (Å²) in [6.45, 7) is 2.60. The van der Waals surface area contributed by atoms with Gasteiger partial charge in [-0.15, -0.1) is 0 Å². The van der Waals surface area contributed by atoms with Crippen LogP contribution in [-0.2, 0) is 14.6 Å². The van der Waals surface area contributed by atoms with E-state index in [0.29, 0.717) is 19.4 Å². The lowest BCUT2D eigenvalue weighted by Crippen LogP contribution is -2.38. The summed E-state index contributed by atoms with van der Waals surface area (Å²) in [5.41, 5.74) is 0. The minimum Gasteiger partial charge on any atom is -0.356 e. The average molecular weight is 219 g/mol. The fraction of sp³-hybridized carbons (Fsp3) is 0.889. The Labute approximate surface area is 85.0 Å². The van der Waals surface area contributed by atoms with Crippen LogP contribution in [0.3, 0.4) is 0 Å². The number of sulfone groups is 1. The molecule has 5 heteroatoms. The fourth-order valence-corrected chi connectivity index (χ4v) is 3.33. The molecule has 1 amide bonds. The molecule has 0 aromatic rings. The Hall–Kier alpha value is -0.580. The number of nitrogens with one attached hydrogen (secondary N) is 1. The van der Waals surface area contributed by atoms with E-state index in [0.717, 1.165) is 6.42 Å². The summed E-state index contributed by atoms with van der Waals surface area (Å²) in [5.74, 6) is -0.150. The molecule has 1 aliphatic rings. The van der Waals surface area contributed by atoms with Gasteiger partial charge in [-0.1, -0.05) is 6.92 Å². The molecule has 0 radical (unpaired) electrons. The monoisotopic (exact) mass is 219 g/mol. The summed E-state index contributed by atoms with van der Waals surface area (Å²) >= 11 is 0. The molecular weight excluding hydrogens is 202 g/mol. The maximum absolute atomic E-state index is 11.5. The number of rotatable bonds is 3. The van der Waals surface area contributed by atoms with Crippen LogP contribution in [0, 0.1) is 5.92 Å². The van der Waals surface area contributed by atoms with Gasteiger partial charge in [0.2, 0.25) is 5.91 Å². The number of amides is 1. The topological polar surface area (TPSA) is 63.2 Å². The van der Waals surface area contributed by atoms with E-state index in [9.17, 15) is 13.2 Å². The second-order valence-electron chi connectivity index (χ2n) is 3.74. The van der Waals surface area contributed by atoms with Crippen molar-refractivity contribution in [3.05, 3.63) is 0 Å². The van der Waals surface area contributed by atoms with Crippen LogP contribution in [0.25, 0.3) is 0 Å². The maximum atomic E-state index is 11.5. The van der Waals surface area contributed by atoms with Crippen molar-refractivity contribution >= 4 is 15.7 Å². The van der Waals surface area contributed by atoms with Gasteiger partial charge in [-0.2, -0.15) is 0 Å². The molecule has 1 atom stereocenters. The van der Waals surface area contributed by atoms with Gasteiger partial charge >= 0.3 is 0 Å². The Morgan fingerprint density at radius 2 is 2.21 bits per heavy atom. The quantitative estimate of drug-likeness (QED) is 0.744. The summed E-state index contributed by atoms with van der Waals surface area (Å²) in [7, 11) is -2.96. The van der Waals surface area contributed by atoms with E-state index in [2.05, 4.69) is 5.32 Å². The van der Waals surface area contributed by atoms with Crippen LogP contribution in [0.1, 0.15) is 26.2 Å². The van der Waals surface area contributed by atoms with Crippen molar-refractivity contribution in [3.8, 4) is 0 Å². The fourth-order valence-electron chi connectivity index (χ4n) is 1.62. The molecule has 4 nitrogen and oxygen atoms in total. The molecular formula is C9H17NO3S. The lowest BCUT2D eigenvalue weighted by Gasteiger charge is -2.20. The van der Waals surface area contributed by atoms with Crippen molar-refractivity contribution in [1.29, 1.82) is 0 Å². The molecule has 1 aliphatic heterocycles. The summed E-state index contributed by atoms with van der Waals surface area (Å²) < 4.78 is 22.5. The third-order valence-electron chi connectivity index (χ3n) is 2.38. The van der Waals surface area contributed by atoms with Gasteiger partial charge in [0.05, 0.1) is 17.4 Å². The molecule has 82 valence electrons. The van der Waals surface area contributed by atoms with Crippen LogP contribution >= 0.6 is 0 Å². The second kappa shape index (κ2) is 4.77. The molecule has 1 N–H and O–H groups in total. The Bertz CT molecular complexity index is 297. The SMILES string of the molecule is CCCNC(=O)C1CCCS(=O)(=O)C1. The van der Waals surface area contributed by atoms with Crippen LogP contribution in [0.4, 0.5) is 0 Å². The summed E-state index contributed by atoms with van der Waals surface area (Å²) in [5, 5.41) is 2.74. The molecule has 0 aromatic carbocycles. The van der Waals surface area contributed by atoms with Crippen molar-refractivity contribution in [2.24, 2.45) is 5.92 Å². The van der Waals surface area contributed by atoms with Gasteiger partial charge in [0.1, 0.15) is 0 Å². The van der Waals surface area contributed by atoms with E-state index in [4.69, 9.17) is 0 Å². The smallest absolute Gasteiger partial charge is 0.224 e. The highest BCUT2D eigenvalue weighted by Crippen LogP contribution is 2.18. The van der Waals surface area contributed by atoms with Gasteiger partial charge < -0.3 is 5.32 Å². The maximum Gasteiger partial charge on any atom is 0.224 e. The number of carbonyl (C=O) groups is 1. The predicted molar refractivity (Wildman–Crippen MR) is 54.7 cm³/mol. The minimum atomic E-state index is -2.96. The molecule has 14 heavy (non-hydrogen) atoms. The van der Waals surface area contributed by atoms with Gasteiger partial charge in [-0.05, 0) is 19.3 Å². The predicted octanol–water partition coefficient (Wildman–Crippen LogP) is 0.337. The van der Waals surface area contributed by atoms with E-state index in [1.54, 1.807) is 0 Å². The number of hydrogen-bond donors (Lipinski definition) is 1. The molecule has 1 rings (SSSR count). The zero-order valence-electron chi connectivity index (χ0n) is 8.45. The van der Waals surface area contributed by atoms with Gasteiger partial charge in [0, 0.05) is 6.54 Å². The zero-order valence-corrected chi connectivity index (χ0v) is 9.27. The first-order valence-electron chi connectivity index (χ1n) is 5.03. The average Bonchev–Trinajstić information content (AvgIpc) is 2.12. The van der Waals surface area contributed by atoms with E-state index in [-0.39, 0.29) is 23.3 Å². The van der Waals surface area contributed by atoms with E-state index in [1.807, 2.05) is 6.92 Å². The first kappa shape index (κ1) is 11.5. The lowest BCUT2D eigenvalue weighted by molar-refractivity contribution is -0.124. The van der Waals surface area contributed by atoms with E-state index < -0.39 is 9.84 Å². The Morgan fingerprint density at radius 1 is 1.50 bits per heavy atom. The first-order chi connectivity index (χ1) is 6.55. The van der Waals surface area contributed by atoms with Crippen molar-refractivity contribution in [2.45, 2.75) is 26.2 Å². The molecule has 0 saturated carbocycles. The molecule has 0 bridgehead atoms. The van der Waals surface area contributed by atoms with Gasteiger partial charge in [-0.3, -0.25) is 4.79 Å². The van der Waals surface area contributed by atoms with Crippen molar-refractivity contribution in [3.63, 3.8) is 0 Å².